The second kappa shape index (κ2) is 10.7. The molecule has 0 heterocycles. The predicted molar refractivity (Wildman–Crippen MR) is 116 cm³/mol. The van der Waals surface area contributed by atoms with Gasteiger partial charge in [0.2, 0.25) is 0 Å². The number of aryl methyl sites for hydroxylation is 1. The summed E-state index contributed by atoms with van der Waals surface area (Å²) in [5.41, 5.74) is 9.11. The quantitative estimate of drug-likeness (QED) is 0.679. The standard InChI is InChI=1S/C23H31NO3.ClH/c1-16(2)27-21-12-11-17-7-6-8-18(13-19(17)14-21)23(24)22(25)15-26-20-9-4-3-5-10-20;/h3-5,9-12,14,16,18,22-23,25H,6-8,13,15,24H2,1-2H3;1H/t18?,22-,23?;/m1./s1. The number of para-hydroxylation sites is 1. The number of fused-ring (bicyclic) bond motifs is 1. The molecule has 0 spiro atoms. The van der Waals surface area contributed by atoms with E-state index in [1.54, 1.807) is 0 Å². The van der Waals surface area contributed by atoms with E-state index in [-0.39, 0.29) is 37.1 Å². The molecule has 2 aromatic carbocycles. The van der Waals surface area contributed by atoms with Crippen molar-refractivity contribution in [2.24, 2.45) is 11.7 Å². The van der Waals surface area contributed by atoms with Crippen LogP contribution in [-0.4, -0.2) is 30.0 Å². The Hall–Kier alpha value is -1.75. The molecule has 154 valence electrons. The van der Waals surface area contributed by atoms with Crippen LogP contribution in [0.1, 0.15) is 37.8 Å². The number of halogens is 1. The van der Waals surface area contributed by atoms with Crippen molar-refractivity contribution in [1.82, 2.24) is 0 Å². The van der Waals surface area contributed by atoms with Gasteiger partial charge < -0.3 is 20.3 Å². The number of hydrogen-bond donors (Lipinski definition) is 2. The Morgan fingerprint density at radius 3 is 2.54 bits per heavy atom. The highest BCUT2D eigenvalue weighted by Crippen LogP contribution is 2.30. The van der Waals surface area contributed by atoms with Crippen LogP contribution in [0.25, 0.3) is 0 Å². The maximum absolute atomic E-state index is 10.6. The third kappa shape index (κ3) is 6.13. The number of nitrogens with two attached hydrogens (primary N) is 1. The van der Waals surface area contributed by atoms with Crippen LogP contribution in [0, 0.1) is 5.92 Å². The van der Waals surface area contributed by atoms with Crippen molar-refractivity contribution in [3.63, 3.8) is 0 Å². The number of rotatable bonds is 7. The van der Waals surface area contributed by atoms with Gasteiger partial charge in [0.05, 0.1) is 6.10 Å². The summed E-state index contributed by atoms with van der Waals surface area (Å²) in [4.78, 5) is 0. The molecule has 3 rings (SSSR count). The zero-order valence-corrected chi connectivity index (χ0v) is 17.5. The van der Waals surface area contributed by atoms with Crippen molar-refractivity contribution in [3.05, 3.63) is 59.7 Å². The van der Waals surface area contributed by atoms with Gasteiger partial charge in [-0.15, -0.1) is 12.4 Å². The maximum Gasteiger partial charge on any atom is 0.119 e. The van der Waals surface area contributed by atoms with Gasteiger partial charge in [0.15, 0.2) is 0 Å². The molecule has 2 aromatic rings. The van der Waals surface area contributed by atoms with E-state index < -0.39 is 6.10 Å². The molecule has 5 heteroatoms. The zero-order valence-electron chi connectivity index (χ0n) is 16.7. The molecule has 0 aromatic heterocycles. The van der Waals surface area contributed by atoms with Crippen molar-refractivity contribution in [2.75, 3.05) is 6.61 Å². The molecule has 0 aliphatic heterocycles. The summed E-state index contributed by atoms with van der Waals surface area (Å²) in [5.74, 6) is 1.89. The summed E-state index contributed by atoms with van der Waals surface area (Å²) in [5, 5.41) is 10.6. The second-order valence-electron chi connectivity index (χ2n) is 7.72. The largest absolute Gasteiger partial charge is 0.491 e. The monoisotopic (exact) mass is 405 g/mol. The molecular weight excluding hydrogens is 374 g/mol. The zero-order chi connectivity index (χ0) is 19.2. The Labute approximate surface area is 174 Å². The van der Waals surface area contributed by atoms with E-state index in [0.717, 1.165) is 37.2 Å². The number of aliphatic hydroxyl groups excluding tert-OH is 1. The fourth-order valence-electron chi connectivity index (χ4n) is 3.77. The van der Waals surface area contributed by atoms with E-state index in [2.05, 4.69) is 18.2 Å². The molecular formula is C23H32ClNO3. The molecule has 2 unspecified atom stereocenters. The summed E-state index contributed by atoms with van der Waals surface area (Å²) in [6.07, 6.45) is 3.49. The minimum absolute atomic E-state index is 0. The summed E-state index contributed by atoms with van der Waals surface area (Å²) in [7, 11) is 0. The summed E-state index contributed by atoms with van der Waals surface area (Å²) in [6.45, 7) is 4.28. The Bertz CT molecular complexity index is 723. The summed E-state index contributed by atoms with van der Waals surface area (Å²) >= 11 is 0. The summed E-state index contributed by atoms with van der Waals surface area (Å²) in [6, 6.07) is 15.6. The van der Waals surface area contributed by atoms with Gasteiger partial charge in [-0.25, -0.2) is 0 Å². The van der Waals surface area contributed by atoms with E-state index in [1.165, 1.54) is 11.1 Å². The second-order valence-corrected chi connectivity index (χ2v) is 7.72. The molecule has 0 amide bonds. The molecule has 0 radical (unpaired) electrons. The lowest BCUT2D eigenvalue weighted by Gasteiger charge is -2.27. The molecule has 0 saturated carbocycles. The first-order valence-corrected chi connectivity index (χ1v) is 9.93. The number of hydrogen-bond acceptors (Lipinski definition) is 4. The normalized spacial score (nSPS) is 18.4. The van der Waals surface area contributed by atoms with E-state index in [0.29, 0.717) is 0 Å². The third-order valence-corrected chi connectivity index (χ3v) is 5.21. The van der Waals surface area contributed by atoms with Crippen LogP contribution in [0.5, 0.6) is 11.5 Å². The average Bonchev–Trinajstić information content (AvgIpc) is 2.87. The Balaban J connectivity index is 0.00000280. The highest BCUT2D eigenvalue weighted by molar-refractivity contribution is 5.85. The molecule has 4 nitrogen and oxygen atoms in total. The molecule has 1 aliphatic rings. The number of ether oxygens (including phenoxy) is 2. The van der Waals surface area contributed by atoms with Crippen molar-refractivity contribution in [2.45, 2.75) is 57.8 Å². The van der Waals surface area contributed by atoms with Crippen LogP contribution in [0.4, 0.5) is 0 Å². The van der Waals surface area contributed by atoms with Crippen LogP contribution < -0.4 is 15.2 Å². The van der Waals surface area contributed by atoms with Gasteiger partial charge in [0, 0.05) is 6.04 Å². The Kier molecular flexibility index (Phi) is 8.61. The van der Waals surface area contributed by atoms with Crippen molar-refractivity contribution >= 4 is 12.4 Å². The molecule has 0 saturated heterocycles. The Morgan fingerprint density at radius 2 is 1.82 bits per heavy atom. The summed E-state index contributed by atoms with van der Waals surface area (Å²) < 4.78 is 11.5. The maximum atomic E-state index is 10.6. The van der Waals surface area contributed by atoms with E-state index >= 15 is 0 Å². The third-order valence-electron chi connectivity index (χ3n) is 5.21. The molecule has 3 N–H and O–H groups in total. The molecule has 0 bridgehead atoms. The first-order chi connectivity index (χ1) is 13.0. The molecule has 28 heavy (non-hydrogen) atoms. The van der Waals surface area contributed by atoms with E-state index in [4.69, 9.17) is 15.2 Å². The van der Waals surface area contributed by atoms with Crippen molar-refractivity contribution < 1.29 is 14.6 Å². The van der Waals surface area contributed by atoms with Crippen LogP contribution in [0.15, 0.2) is 48.5 Å². The fourth-order valence-corrected chi connectivity index (χ4v) is 3.77. The van der Waals surface area contributed by atoms with Gasteiger partial charge in [-0.1, -0.05) is 24.3 Å². The molecule has 3 atom stereocenters. The lowest BCUT2D eigenvalue weighted by molar-refractivity contribution is 0.0645. The van der Waals surface area contributed by atoms with E-state index in [9.17, 15) is 5.11 Å². The molecule has 0 fully saturated rings. The highest BCUT2D eigenvalue weighted by Gasteiger charge is 2.28. The smallest absolute Gasteiger partial charge is 0.119 e. The van der Waals surface area contributed by atoms with Crippen LogP contribution in [0.3, 0.4) is 0 Å². The van der Waals surface area contributed by atoms with Gasteiger partial charge >= 0.3 is 0 Å². The average molecular weight is 406 g/mol. The van der Waals surface area contributed by atoms with Crippen LogP contribution >= 0.6 is 12.4 Å². The van der Waals surface area contributed by atoms with Gasteiger partial charge in [0.1, 0.15) is 24.2 Å². The topological polar surface area (TPSA) is 64.7 Å². The first kappa shape index (κ1) is 22.5. The molecule has 1 aliphatic carbocycles. The fraction of sp³-hybridized carbons (Fsp3) is 0.478. The van der Waals surface area contributed by atoms with Crippen LogP contribution in [-0.2, 0) is 12.8 Å². The van der Waals surface area contributed by atoms with Gasteiger partial charge in [0.25, 0.3) is 0 Å². The van der Waals surface area contributed by atoms with Gasteiger partial charge in [-0.3, -0.25) is 0 Å². The van der Waals surface area contributed by atoms with E-state index in [1.807, 2.05) is 44.2 Å². The van der Waals surface area contributed by atoms with Crippen LogP contribution in [0.2, 0.25) is 0 Å². The minimum atomic E-state index is -0.688. The highest BCUT2D eigenvalue weighted by atomic mass is 35.5. The van der Waals surface area contributed by atoms with Crippen molar-refractivity contribution in [1.29, 1.82) is 0 Å². The van der Waals surface area contributed by atoms with Crippen molar-refractivity contribution in [3.8, 4) is 11.5 Å². The van der Waals surface area contributed by atoms with Gasteiger partial charge in [-0.05, 0) is 80.8 Å². The SMILES string of the molecule is CC(C)Oc1ccc2c(c1)CC(C(N)[C@H](O)COc1ccccc1)CCC2.Cl. The Morgan fingerprint density at radius 1 is 1.07 bits per heavy atom. The first-order valence-electron chi connectivity index (χ1n) is 9.93. The lowest BCUT2D eigenvalue weighted by Crippen LogP contribution is -2.45. The van der Waals surface area contributed by atoms with Gasteiger partial charge in [-0.2, -0.15) is 0 Å². The predicted octanol–water partition coefficient (Wildman–Crippen LogP) is 4.16. The number of benzene rings is 2. The lowest BCUT2D eigenvalue weighted by atomic mass is 9.87. The number of aliphatic hydroxyl groups is 1. The minimum Gasteiger partial charge on any atom is -0.491 e.